The van der Waals surface area contributed by atoms with Crippen molar-refractivity contribution in [1.82, 2.24) is 5.32 Å². The van der Waals surface area contributed by atoms with Crippen molar-refractivity contribution in [1.29, 1.82) is 0 Å². The topological polar surface area (TPSA) is 88.0 Å². The minimum atomic E-state index is -1.18. The second-order valence-corrected chi connectivity index (χ2v) is 6.60. The van der Waals surface area contributed by atoms with Gasteiger partial charge in [0.25, 0.3) is 0 Å². The molecule has 0 aromatic heterocycles. The van der Waals surface area contributed by atoms with Crippen LogP contribution in [0.15, 0.2) is 24.3 Å². The molecule has 0 bridgehead atoms. The lowest BCUT2D eigenvalue weighted by molar-refractivity contribution is 0.0112. The highest BCUT2D eigenvalue weighted by atomic mass is 16.6. The number of hydrogen-bond acceptors (Lipinski definition) is 5. The van der Waals surface area contributed by atoms with Crippen LogP contribution < -0.4 is 10.1 Å². The largest absolute Gasteiger partial charge is 0.491 e. The van der Waals surface area contributed by atoms with E-state index in [1.54, 1.807) is 45.0 Å². The van der Waals surface area contributed by atoms with Gasteiger partial charge in [-0.2, -0.15) is 0 Å². The molecule has 0 fully saturated rings. The van der Waals surface area contributed by atoms with Crippen molar-refractivity contribution in [3.8, 4) is 5.75 Å². The number of rotatable bonds is 6. The van der Waals surface area contributed by atoms with E-state index >= 15 is 0 Å². The Labute approximate surface area is 137 Å². The molecule has 23 heavy (non-hydrogen) atoms. The van der Waals surface area contributed by atoms with Gasteiger partial charge in [0, 0.05) is 12.1 Å². The molecule has 0 spiro atoms. The first kappa shape index (κ1) is 19.3. The zero-order valence-electron chi connectivity index (χ0n) is 14.4. The van der Waals surface area contributed by atoms with Crippen molar-refractivity contribution in [3.05, 3.63) is 29.8 Å². The molecule has 2 atom stereocenters. The summed E-state index contributed by atoms with van der Waals surface area (Å²) in [5.74, 6) is 0.506. The fourth-order valence-corrected chi connectivity index (χ4v) is 1.91. The highest BCUT2D eigenvalue weighted by Crippen LogP contribution is 2.28. The van der Waals surface area contributed by atoms with Crippen LogP contribution in [-0.2, 0) is 4.74 Å². The van der Waals surface area contributed by atoms with Crippen LogP contribution in [0.1, 0.15) is 46.3 Å². The number of amides is 1. The van der Waals surface area contributed by atoms with Gasteiger partial charge in [-0.15, -0.1) is 0 Å². The van der Waals surface area contributed by atoms with Crippen LogP contribution in [-0.4, -0.2) is 40.7 Å². The van der Waals surface area contributed by atoms with Gasteiger partial charge in [0.05, 0.1) is 6.10 Å². The third kappa shape index (κ3) is 6.88. The number of carbonyl (C=O) groups excluding carboxylic acids is 1. The lowest BCUT2D eigenvalue weighted by atomic mass is 10.0. The first-order chi connectivity index (χ1) is 10.6. The predicted molar refractivity (Wildman–Crippen MR) is 87.4 cm³/mol. The number of alkyl carbamates (subject to hydrolysis) is 1. The number of ether oxygens (including phenoxy) is 2. The van der Waals surface area contributed by atoms with E-state index in [2.05, 4.69) is 5.32 Å². The van der Waals surface area contributed by atoms with E-state index in [1.165, 1.54) is 0 Å². The monoisotopic (exact) mass is 325 g/mol. The predicted octanol–water partition coefficient (Wildman–Crippen LogP) is 2.39. The molecule has 0 heterocycles. The van der Waals surface area contributed by atoms with E-state index in [4.69, 9.17) is 9.47 Å². The van der Waals surface area contributed by atoms with E-state index in [9.17, 15) is 15.0 Å². The second kappa shape index (κ2) is 8.17. The number of aliphatic hydroxyl groups is 2. The van der Waals surface area contributed by atoms with Crippen molar-refractivity contribution in [2.24, 2.45) is 0 Å². The van der Waals surface area contributed by atoms with E-state index in [-0.39, 0.29) is 12.6 Å². The van der Waals surface area contributed by atoms with Crippen molar-refractivity contribution in [2.45, 2.75) is 58.5 Å². The molecule has 130 valence electrons. The third-order valence-corrected chi connectivity index (χ3v) is 2.82. The van der Waals surface area contributed by atoms with Crippen LogP contribution in [0.3, 0.4) is 0 Å². The Morgan fingerprint density at radius 3 is 2.39 bits per heavy atom. The number of para-hydroxylation sites is 1. The molecule has 6 nitrogen and oxygen atoms in total. The van der Waals surface area contributed by atoms with Gasteiger partial charge in [-0.25, -0.2) is 4.79 Å². The van der Waals surface area contributed by atoms with Crippen molar-refractivity contribution in [2.75, 3.05) is 6.54 Å². The van der Waals surface area contributed by atoms with Gasteiger partial charge in [-0.1, -0.05) is 18.2 Å². The SMILES string of the molecule is CC(C)Oc1ccccc1C(O)C(O)CNC(=O)OC(C)(C)C. The van der Waals surface area contributed by atoms with Gasteiger partial charge in [0.15, 0.2) is 0 Å². The maximum Gasteiger partial charge on any atom is 0.407 e. The lowest BCUT2D eigenvalue weighted by Gasteiger charge is -2.23. The molecular formula is C17H27NO5. The standard InChI is InChI=1S/C17H27NO5/c1-11(2)22-14-9-7-6-8-12(14)15(20)13(19)10-18-16(21)23-17(3,4)5/h6-9,11,13,15,19-20H,10H2,1-5H3,(H,18,21). The smallest absolute Gasteiger partial charge is 0.407 e. The molecule has 6 heteroatoms. The Morgan fingerprint density at radius 1 is 1.22 bits per heavy atom. The average Bonchev–Trinajstić information content (AvgIpc) is 2.42. The Balaban J connectivity index is 2.67. The number of carbonyl (C=O) groups is 1. The molecular weight excluding hydrogens is 298 g/mol. The molecule has 2 unspecified atom stereocenters. The second-order valence-electron chi connectivity index (χ2n) is 6.60. The third-order valence-electron chi connectivity index (χ3n) is 2.82. The number of benzene rings is 1. The van der Waals surface area contributed by atoms with E-state index < -0.39 is 23.9 Å². The van der Waals surface area contributed by atoms with E-state index in [0.717, 1.165) is 0 Å². The molecule has 1 rings (SSSR count). The van der Waals surface area contributed by atoms with Crippen LogP contribution in [0.2, 0.25) is 0 Å². The zero-order valence-corrected chi connectivity index (χ0v) is 14.4. The van der Waals surface area contributed by atoms with Gasteiger partial charge in [0.2, 0.25) is 0 Å². The summed E-state index contributed by atoms with van der Waals surface area (Å²) in [4.78, 5) is 11.6. The van der Waals surface area contributed by atoms with Crippen molar-refractivity contribution >= 4 is 6.09 Å². The van der Waals surface area contributed by atoms with Gasteiger partial charge in [0.1, 0.15) is 23.6 Å². The maximum atomic E-state index is 11.6. The molecule has 0 saturated carbocycles. The van der Waals surface area contributed by atoms with Gasteiger partial charge >= 0.3 is 6.09 Å². The van der Waals surface area contributed by atoms with E-state index in [0.29, 0.717) is 11.3 Å². The van der Waals surface area contributed by atoms with Gasteiger partial charge in [-0.05, 0) is 40.7 Å². The lowest BCUT2D eigenvalue weighted by Crippen LogP contribution is -2.39. The van der Waals surface area contributed by atoms with Crippen molar-refractivity contribution < 1.29 is 24.5 Å². The van der Waals surface area contributed by atoms with Gasteiger partial charge < -0.3 is 25.0 Å². The highest BCUT2D eigenvalue weighted by Gasteiger charge is 2.24. The quantitative estimate of drug-likeness (QED) is 0.747. The molecule has 0 aliphatic carbocycles. The highest BCUT2D eigenvalue weighted by molar-refractivity contribution is 5.67. The van der Waals surface area contributed by atoms with Crippen molar-refractivity contribution in [3.63, 3.8) is 0 Å². The first-order valence-corrected chi connectivity index (χ1v) is 7.68. The van der Waals surface area contributed by atoms with Crippen LogP contribution in [0, 0.1) is 0 Å². The molecule has 0 radical (unpaired) electrons. The van der Waals surface area contributed by atoms with Crippen LogP contribution in [0.5, 0.6) is 5.75 Å². The number of hydrogen-bond donors (Lipinski definition) is 3. The fraction of sp³-hybridized carbons (Fsp3) is 0.588. The van der Waals surface area contributed by atoms with Crippen LogP contribution in [0.4, 0.5) is 4.79 Å². The number of aliphatic hydroxyl groups excluding tert-OH is 2. The summed E-state index contributed by atoms with van der Waals surface area (Å²) in [6.45, 7) is 8.87. The van der Waals surface area contributed by atoms with Crippen LogP contribution in [0.25, 0.3) is 0 Å². The minimum absolute atomic E-state index is 0.0552. The van der Waals surface area contributed by atoms with E-state index in [1.807, 2.05) is 13.8 Å². The molecule has 0 aliphatic heterocycles. The average molecular weight is 325 g/mol. The maximum absolute atomic E-state index is 11.6. The summed E-state index contributed by atoms with van der Waals surface area (Å²) in [6.07, 6.45) is -3.06. The molecule has 0 aliphatic rings. The summed E-state index contributed by atoms with van der Waals surface area (Å²) in [7, 11) is 0. The normalized spacial score (nSPS) is 14.3. The summed E-state index contributed by atoms with van der Waals surface area (Å²) < 4.78 is 10.7. The summed E-state index contributed by atoms with van der Waals surface area (Å²) in [5.41, 5.74) is -0.148. The summed E-state index contributed by atoms with van der Waals surface area (Å²) >= 11 is 0. The Bertz CT molecular complexity index is 510. The molecule has 3 N–H and O–H groups in total. The number of nitrogens with one attached hydrogen (secondary N) is 1. The molecule has 1 amide bonds. The molecule has 0 saturated heterocycles. The minimum Gasteiger partial charge on any atom is -0.491 e. The Kier molecular flexibility index (Phi) is 6.84. The van der Waals surface area contributed by atoms with Gasteiger partial charge in [-0.3, -0.25) is 0 Å². The summed E-state index contributed by atoms with van der Waals surface area (Å²) in [6, 6.07) is 6.95. The fourth-order valence-electron chi connectivity index (χ4n) is 1.91. The first-order valence-electron chi connectivity index (χ1n) is 7.68. The van der Waals surface area contributed by atoms with Crippen LogP contribution >= 0.6 is 0 Å². The summed E-state index contributed by atoms with van der Waals surface area (Å²) in [5, 5.41) is 22.8. The Morgan fingerprint density at radius 2 is 1.83 bits per heavy atom. The molecule has 1 aromatic rings. The molecule has 1 aromatic carbocycles. The zero-order chi connectivity index (χ0) is 17.6. The Hall–Kier alpha value is -1.79.